The molecule has 7 heteroatoms. The third-order valence-corrected chi connectivity index (χ3v) is 3.07. The van der Waals surface area contributed by atoms with Crippen LogP contribution >= 0.6 is 0 Å². The lowest BCUT2D eigenvalue weighted by Crippen LogP contribution is -2.32. The van der Waals surface area contributed by atoms with Crippen LogP contribution in [0.15, 0.2) is 12.2 Å². The molecule has 0 spiro atoms. The number of ether oxygens (including phenoxy) is 1. The Balaban J connectivity index is 0. The first-order valence-corrected chi connectivity index (χ1v) is 6.49. The van der Waals surface area contributed by atoms with Crippen LogP contribution in [0.1, 0.15) is 20.8 Å². The van der Waals surface area contributed by atoms with Crippen molar-refractivity contribution >= 4 is 16.1 Å². The zero-order chi connectivity index (χ0) is 14.2. The van der Waals surface area contributed by atoms with E-state index in [0.717, 1.165) is 0 Å². The Hall–Kier alpha value is -0.920. The fourth-order valence-electron chi connectivity index (χ4n) is 0.521. The SMILES string of the molecule is C=C(C)C(=O)OCC.CC(N(C)C)S(=O)(=O)O. The summed E-state index contributed by atoms with van der Waals surface area (Å²) < 4.78 is 33.5. The number of esters is 1. The summed E-state index contributed by atoms with van der Waals surface area (Å²) in [5.41, 5.74) is 0.451. The summed E-state index contributed by atoms with van der Waals surface area (Å²) in [7, 11) is -0.713. The van der Waals surface area contributed by atoms with E-state index in [-0.39, 0.29) is 5.97 Å². The molecule has 0 aliphatic carbocycles. The second-order valence-electron chi connectivity index (χ2n) is 3.58. The molecular weight excluding hydrogens is 246 g/mol. The normalized spacial score (nSPS) is 12.4. The lowest BCUT2D eigenvalue weighted by atomic mass is 10.4. The van der Waals surface area contributed by atoms with Crippen molar-refractivity contribution in [3.8, 4) is 0 Å². The molecule has 0 radical (unpaired) electrons. The Morgan fingerprint density at radius 2 is 1.88 bits per heavy atom. The first-order chi connectivity index (χ1) is 7.53. The monoisotopic (exact) mass is 267 g/mol. The molecule has 6 nitrogen and oxygen atoms in total. The smallest absolute Gasteiger partial charge is 0.333 e. The molecule has 0 rings (SSSR count). The van der Waals surface area contributed by atoms with Gasteiger partial charge in [-0.2, -0.15) is 8.42 Å². The third-order valence-electron chi connectivity index (χ3n) is 1.78. The second kappa shape index (κ2) is 8.21. The predicted molar refractivity (Wildman–Crippen MR) is 66.1 cm³/mol. The minimum absolute atomic E-state index is 0.312. The van der Waals surface area contributed by atoms with E-state index in [4.69, 9.17) is 4.55 Å². The Kier molecular flexibility index (Phi) is 8.91. The highest BCUT2D eigenvalue weighted by molar-refractivity contribution is 7.86. The first-order valence-electron chi connectivity index (χ1n) is 4.99. The highest BCUT2D eigenvalue weighted by Gasteiger charge is 2.18. The molecule has 1 unspecified atom stereocenters. The first kappa shape index (κ1) is 18.4. The molecule has 102 valence electrons. The Labute approximate surface area is 103 Å². The molecule has 0 aromatic rings. The molecule has 0 saturated heterocycles. The topological polar surface area (TPSA) is 83.9 Å². The largest absolute Gasteiger partial charge is 0.463 e. The van der Waals surface area contributed by atoms with Gasteiger partial charge in [0.25, 0.3) is 10.1 Å². The maximum atomic E-state index is 10.4. The zero-order valence-corrected chi connectivity index (χ0v) is 11.7. The van der Waals surface area contributed by atoms with Crippen molar-refractivity contribution in [3.63, 3.8) is 0 Å². The molecule has 0 aliphatic heterocycles. The Bertz CT molecular complexity index is 348. The maximum absolute atomic E-state index is 10.4. The van der Waals surface area contributed by atoms with Gasteiger partial charge in [-0.15, -0.1) is 0 Å². The van der Waals surface area contributed by atoms with Gasteiger partial charge in [0.2, 0.25) is 0 Å². The van der Waals surface area contributed by atoms with Crippen molar-refractivity contribution in [1.29, 1.82) is 0 Å². The quantitative estimate of drug-likeness (QED) is 0.463. The summed E-state index contributed by atoms with van der Waals surface area (Å²) >= 11 is 0. The molecule has 1 N–H and O–H groups in total. The molecular formula is C10H21NO5S. The molecule has 17 heavy (non-hydrogen) atoms. The molecule has 0 aromatic carbocycles. The van der Waals surface area contributed by atoms with E-state index in [0.29, 0.717) is 12.2 Å². The van der Waals surface area contributed by atoms with Crippen molar-refractivity contribution < 1.29 is 22.5 Å². The summed E-state index contributed by atoms with van der Waals surface area (Å²) in [4.78, 5) is 11.8. The van der Waals surface area contributed by atoms with E-state index in [9.17, 15) is 13.2 Å². The number of carbonyl (C=O) groups excluding carboxylic acids is 1. The summed E-state index contributed by atoms with van der Waals surface area (Å²) in [6.45, 7) is 8.62. The lowest BCUT2D eigenvalue weighted by molar-refractivity contribution is -0.138. The van der Waals surface area contributed by atoms with E-state index in [1.54, 1.807) is 27.9 Å². The number of hydrogen-bond donors (Lipinski definition) is 1. The van der Waals surface area contributed by atoms with Crippen molar-refractivity contribution in [2.75, 3.05) is 20.7 Å². The number of rotatable bonds is 4. The van der Waals surface area contributed by atoms with Gasteiger partial charge in [0.1, 0.15) is 5.37 Å². The minimum Gasteiger partial charge on any atom is -0.463 e. The van der Waals surface area contributed by atoms with Gasteiger partial charge in [-0.1, -0.05) is 6.58 Å². The highest BCUT2D eigenvalue weighted by Crippen LogP contribution is 1.98. The van der Waals surface area contributed by atoms with E-state index in [1.807, 2.05) is 0 Å². The van der Waals surface area contributed by atoms with Crippen LogP contribution in [0.25, 0.3) is 0 Å². The Morgan fingerprint density at radius 1 is 1.47 bits per heavy atom. The highest BCUT2D eigenvalue weighted by atomic mass is 32.2. The predicted octanol–water partition coefficient (Wildman–Crippen LogP) is 0.907. The van der Waals surface area contributed by atoms with Crippen LogP contribution in [0.4, 0.5) is 0 Å². The van der Waals surface area contributed by atoms with Crippen molar-refractivity contribution in [2.45, 2.75) is 26.1 Å². The van der Waals surface area contributed by atoms with Crippen molar-refractivity contribution in [3.05, 3.63) is 12.2 Å². The van der Waals surface area contributed by atoms with E-state index in [1.165, 1.54) is 11.8 Å². The van der Waals surface area contributed by atoms with Gasteiger partial charge in [0, 0.05) is 5.57 Å². The van der Waals surface area contributed by atoms with Crippen LogP contribution in [-0.4, -0.2) is 49.9 Å². The summed E-state index contributed by atoms with van der Waals surface area (Å²) in [5.74, 6) is -0.312. The zero-order valence-electron chi connectivity index (χ0n) is 10.9. The molecule has 0 aromatic heterocycles. The standard InChI is InChI=1S/C6H10O2.C4H11NO3S/c1-4-8-6(7)5(2)3;1-4(5(2)3)9(6,7)8/h2,4H2,1,3H3;4H,1-3H3,(H,6,7,8). The van der Waals surface area contributed by atoms with Gasteiger partial charge in [-0.05, 0) is 34.9 Å². The fraction of sp³-hybridized carbons (Fsp3) is 0.700. The van der Waals surface area contributed by atoms with Crippen LogP contribution < -0.4 is 0 Å². The molecule has 0 fully saturated rings. The summed E-state index contributed by atoms with van der Waals surface area (Å²) in [6.07, 6.45) is 0. The van der Waals surface area contributed by atoms with E-state index < -0.39 is 15.5 Å². The van der Waals surface area contributed by atoms with Gasteiger partial charge in [-0.25, -0.2) is 4.79 Å². The summed E-state index contributed by atoms with van der Waals surface area (Å²) in [5, 5.41) is -0.822. The maximum Gasteiger partial charge on any atom is 0.333 e. The van der Waals surface area contributed by atoms with Crippen LogP contribution in [0.2, 0.25) is 0 Å². The van der Waals surface area contributed by atoms with Gasteiger partial charge < -0.3 is 4.74 Å². The van der Waals surface area contributed by atoms with Gasteiger partial charge in [0.15, 0.2) is 0 Å². The molecule has 0 aliphatic rings. The molecule has 0 bridgehead atoms. The van der Waals surface area contributed by atoms with Crippen LogP contribution in [-0.2, 0) is 19.6 Å². The van der Waals surface area contributed by atoms with Crippen molar-refractivity contribution in [1.82, 2.24) is 4.90 Å². The van der Waals surface area contributed by atoms with Crippen molar-refractivity contribution in [2.24, 2.45) is 0 Å². The van der Waals surface area contributed by atoms with Crippen LogP contribution in [0.5, 0.6) is 0 Å². The Morgan fingerprint density at radius 3 is 1.94 bits per heavy atom. The van der Waals surface area contributed by atoms with Crippen LogP contribution in [0, 0.1) is 0 Å². The van der Waals surface area contributed by atoms with Gasteiger partial charge >= 0.3 is 5.97 Å². The number of hydrogen-bond acceptors (Lipinski definition) is 5. The molecule has 0 heterocycles. The van der Waals surface area contributed by atoms with E-state index in [2.05, 4.69) is 11.3 Å². The van der Waals surface area contributed by atoms with Crippen LogP contribution in [0.3, 0.4) is 0 Å². The van der Waals surface area contributed by atoms with Gasteiger partial charge in [0.05, 0.1) is 6.61 Å². The fourth-order valence-corrected chi connectivity index (χ4v) is 1.05. The molecule has 1 atom stereocenters. The number of carbonyl (C=O) groups is 1. The molecule has 0 saturated carbocycles. The lowest BCUT2D eigenvalue weighted by Gasteiger charge is -2.15. The average Bonchev–Trinajstić information content (AvgIpc) is 2.16. The third kappa shape index (κ3) is 9.98. The summed E-state index contributed by atoms with van der Waals surface area (Å²) in [6, 6.07) is 0. The minimum atomic E-state index is -3.88. The average molecular weight is 267 g/mol. The van der Waals surface area contributed by atoms with E-state index >= 15 is 0 Å². The number of nitrogens with zero attached hydrogens (tertiary/aromatic N) is 1. The van der Waals surface area contributed by atoms with Gasteiger partial charge in [-0.3, -0.25) is 9.45 Å². The second-order valence-corrected chi connectivity index (χ2v) is 5.29. The molecule has 0 amide bonds.